The van der Waals surface area contributed by atoms with E-state index in [0.29, 0.717) is 0 Å². The molecule has 0 fully saturated rings. The van der Waals surface area contributed by atoms with Crippen LogP contribution in [0.2, 0.25) is 0 Å². The molecule has 0 bridgehead atoms. The Bertz CT molecular complexity index is 238. The van der Waals surface area contributed by atoms with Gasteiger partial charge in [-0.2, -0.15) is 0 Å². The lowest BCUT2D eigenvalue weighted by Gasteiger charge is -1.94. The maximum absolute atomic E-state index is 4.51. The van der Waals surface area contributed by atoms with Gasteiger partial charge in [-0.05, 0) is 19.8 Å². The topological polar surface area (TPSA) is 28.7 Å². The van der Waals surface area contributed by atoms with Crippen LogP contribution in [0.1, 0.15) is 43.9 Å². The molecule has 0 saturated carbocycles. The van der Waals surface area contributed by atoms with Crippen LogP contribution in [0.4, 0.5) is 0 Å². The molecule has 0 atom stereocenters. The Morgan fingerprint density at radius 1 is 1.33 bits per heavy atom. The Kier molecular flexibility index (Phi) is 3.32. The number of aromatic amines is 1. The monoisotopic (exact) mass is 166 g/mol. The standard InChI is InChI=1S/C10H18N2/c1-4-6-7-9-8(3)11-10(5-2)12-9/h4-7H2,1-3H3,(H,11,12). The average molecular weight is 166 g/mol. The van der Waals surface area contributed by atoms with Crippen molar-refractivity contribution in [2.45, 2.75) is 46.5 Å². The van der Waals surface area contributed by atoms with E-state index in [0.717, 1.165) is 18.7 Å². The van der Waals surface area contributed by atoms with E-state index in [-0.39, 0.29) is 0 Å². The van der Waals surface area contributed by atoms with Crippen molar-refractivity contribution < 1.29 is 0 Å². The molecule has 2 heteroatoms. The molecule has 1 N–H and O–H groups in total. The molecule has 0 unspecified atom stereocenters. The van der Waals surface area contributed by atoms with Crippen molar-refractivity contribution in [1.29, 1.82) is 0 Å². The molecule has 1 heterocycles. The zero-order valence-electron chi connectivity index (χ0n) is 8.28. The highest BCUT2D eigenvalue weighted by molar-refractivity contribution is 5.13. The second-order valence-corrected chi connectivity index (χ2v) is 3.21. The third-order valence-corrected chi connectivity index (χ3v) is 2.14. The minimum Gasteiger partial charge on any atom is -0.346 e. The number of nitrogens with zero attached hydrogens (tertiary/aromatic N) is 1. The summed E-state index contributed by atoms with van der Waals surface area (Å²) in [4.78, 5) is 7.80. The Balaban J connectivity index is 2.64. The predicted molar refractivity (Wildman–Crippen MR) is 51.3 cm³/mol. The molecule has 1 aromatic rings. The molecule has 12 heavy (non-hydrogen) atoms. The molecule has 1 rings (SSSR count). The fraction of sp³-hybridized carbons (Fsp3) is 0.700. The van der Waals surface area contributed by atoms with E-state index in [1.807, 2.05) is 0 Å². The average Bonchev–Trinajstić information content (AvgIpc) is 2.43. The molecule has 2 nitrogen and oxygen atoms in total. The van der Waals surface area contributed by atoms with Gasteiger partial charge in [0.15, 0.2) is 0 Å². The van der Waals surface area contributed by atoms with E-state index in [1.54, 1.807) is 0 Å². The van der Waals surface area contributed by atoms with Gasteiger partial charge in [0.1, 0.15) is 5.82 Å². The number of H-pyrrole nitrogens is 1. The molecule has 0 saturated heterocycles. The third kappa shape index (κ3) is 2.10. The van der Waals surface area contributed by atoms with Crippen molar-refractivity contribution in [3.05, 3.63) is 17.2 Å². The largest absolute Gasteiger partial charge is 0.346 e. The number of rotatable bonds is 4. The van der Waals surface area contributed by atoms with Gasteiger partial charge in [0.25, 0.3) is 0 Å². The van der Waals surface area contributed by atoms with Crippen molar-refractivity contribution >= 4 is 0 Å². The second kappa shape index (κ2) is 4.29. The zero-order chi connectivity index (χ0) is 8.97. The van der Waals surface area contributed by atoms with Gasteiger partial charge in [-0.25, -0.2) is 4.98 Å². The maximum Gasteiger partial charge on any atom is 0.106 e. The van der Waals surface area contributed by atoms with Gasteiger partial charge in [0, 0.05) is 12.1 Å². The van der Waals surface area contributed by atoms with E-state index < -0.39 is 0 Å². The van der Waals surface area contributed by atoms with E-state index in [4.69, 9.17) is 0 Å². The molecular weight excluding hydrogens is 148 g/mol. The Morgan fingerprint density at radius 3 is 2.58 bits per heavy atom. The summed E-state index contributed by atoms with van der Waals surface area (Å²) in [6.45, 7) is 6.45. The van der Waals surface area contributed by atoms with Crippen LogP contribution in [0.5, 0.6) is 0 Å². The highest BCUT2D eigenvalue weighted by atomic mass is 14.9. The van der Waals surface area contributed by atoms with Crippen molar-refractivity contribution in [1.82, 2.24) is 9.97 Å². The zero-order valence-corrected chi connectivity index (χ0v) is 8.28. The van der Waals surface area contributed by atoms with E-state index in [9.17, 15) is 0 Å². The molecule has 0 amide bonds. The van der Waals surface area contributed by atoms with Crippen LogP contribution < -0.4 is 0 Å². The summed E-state index contributed by atoms with van der Waals surface area (Å²) in [5.41, 5.74) is 2.51. The summed E-state index contributed by atoms with van der Waals surface area (Å²) in [6.07, 6.45) is 4.62. The van der Waals surface area contributed by atoms with Gasteiger partial charge < -0.3 is 4.98 Å². The molecule has 0 aliphatic heterocycles. The second-order valence-electron chi connectivity index (χ2n) is 3.21. The lowest BCUT2D eigenvalue weighted by Crippen LogP contribution is -1.88. The normalized spacial score (nSPS) is 10.6. The quantitative estimate of drug-likeness (QED) is 0.731. The van der Waals surface area contributed by atoms with Gasteiger partial charge >= 0.3 is 0 Å². The van der Waals surface area contributed by atoms with Crippen LogP contribution in [-0.4, -0.2) is 9.97 Å². The Morgan fingerprint density at radius 2 is 2.08 bits per heavy atom. The highest BCUT2D eigenvalue weighted by Crippen LogP contribution is 2.08. The van der Waals surface area contributed by atoms with Crippen LogP contribution in [-0.2, 0) is 12.8 Å². The molecule has 0 radical (unpaired) electrons. The van der Waals surface area contributed by atoms with E-state index >= 15 is 0 Å². The molecule has 68 valence electrons. The number of hydrogen-bond donors (Lipinski definition) is 1. The van der Waals surface area contributed by atoms with Crippen molar-refractivity contribution in [2.75, 3.05) is 0 Å². The SMILES string of the molecule is CCCCc1nc(CC)[nH]c1C. The molecule has 1 aromatic heterocycles. The van der Waals surface area contributed by atoms with Gasteiger partial charge in [-0.1, -0.05) is 20.3 Å². The molecule has 0 spiro atoms. The fourth-order valence-corrected chi connectivity index (χ4v) is 1.32. The molecule has 0 aliphatic rings. The van der Waals surface area contributed by atoms with Crippen LogP contribution >= 0.6 is 0 Å². The highest BCUT2D eigenvalue weighted by Gasteiger charge is 2.03. The molecule has 0 aromatic carbocycles. The molecular formula is C10H18N2. The molecule has 0 aliphatic carbocycles. The summed E-state index contributed by atoms with van der Waals surface area (Å²) in [5, 5.41) is 0. The summed E-state index contributed by atoms with van der Waals surface area (Å²) in [5.74, 6) is 1.12. The first-order valence-electron chi connectivity index (χ1n) is 4.82. The minimum absolute atomic E-state index is 1.01. The number of hydrogen-bond acceptors (Lipinski definition) is 1. The number of imidazole rings is 1. The number of nitrogens with one attached hydrogen (secondary N) is 1. The van der Waals surface area contributed by atoms with Crippen molar-refractivity contribution in [2.24, 2.45) is 0 Å². The van der Waals surface area contributed by atoms with E-state index in [1.165, 1.54) is 24.2 Å². The Labute approximate surface area is 74.4 Å². The van der Waals surface area contributed by atoms with Crippen LogP contribution in [0.15, 0.2) is 0 Å². The van der Waals surface area contributed by atoms with Crippen LogP contribution in [0, 0.1) is 6.92 Å². The first-order chi connectivity index (χ1) is 5.77. The van der Waals surface area contributed by atoms with Crippen LogP contribution in [0.25, 0.3) is 0 Å². The third-order valence-electron chi connectivity index (χ3n) is 2.14. The maximum atomic E-state index is 4.51. The summed E-state index contributed by atoms with van der Waals surface area (Å²) in [6, 6.07) is 0. The lowest BCUT2D eigenvalue weighted by atomic mass is 10.2. The van der Waals surface area contributed by atoms with Crippen molar-refractivity contribution in [3.63, 3.8) is 0 Å². The van der Waals surface area contributed by atoms with Gasteiger partial charge in [0.2, 0.25) is 0 Å². The summed E-state index contributed by atoms with van der Waals surface area (Å²) >= 11 is 0. The van der Waals surface area contributed by atoms with Gasteiger partial charge in [-0.15, -0.1) is 0 Å². The number of aryl methyl sites for hydroxylation is 3. The first kappa shape index (κ1) is 9.30. The summed E-state index contributed by atoms with van der Waals surface area (Å²) < 4.78 is 0. The Hall–Kier alpha value is -0.790. The number of unbranched alkanes of at least 4 members (excludes halogenated alkanes) is 1. The van der Waals surface area contributed by atoms with Gasteiger partial charge in [0.05, 0.1) is 5.69 Å². The minimum atomic E-state index is 1.01. The van der Waals surface area contributed by atoms with Gasteiger partial charge in [-0.3, -0.25) is 0 Å². The smallest absolute Gasteiger partial charge is 0.106 e. The van der Waals surface area contributed by atoms with E-state index in [2.05, 4.69) is 30.7 Å². The summed E-state index contributed by atoms with van der Waals surface area (Å²) in [7, 11) is 0. The number of aromatic nitrogens is 2. The van der Waals surface area contributed by atoms with Crippen LogP contribution in [0.3, 0.4) is 0 Å². The fourth-order valence-electron chi connectivity index (χ4n) is 1.32. The first-order valence-corrected chi connectivity index (χ1v) is 4.82. The lowest BCUT2D eigenvalue weighted by molar-refractivity contribution is 0.774. The predicted octanol–water partition coefficient (Wildman–Crippen LogP) is 2.62. The van der Waals surface area contributed by atoms with Crippen molar-refractivity contribution in [3.8, 4) is 0 Å².